The quantitative estimate of drug-likeness (QED) is 0.726. The van der Waals surface area contributed by atoms with Gasteiger partial charge in [-0.3, -0.25) is 0 Å². The van der Waals surface area contributed by atoms with Crippen LogP contribution >= 0.6 is 15.9 Å². The molecule has 8 heteroatoms. The molecule has 0 aliphatic heterocycles. The van der Waals surface area contributed by atoms with E-state index in [0.29, 0.717) is 24.9 Å². The molecule has 0 aliphatic carbocycles. The molecule has 116 valence electrons. The lowest BCUT2D eigenvalue weighted by molar-refractivity contribution is 0.256. The van der Waals surface area contributed by atoms with Gasteiger partial charge in [0.05, 0.1) is 6.54 Å². The van der Waals surface area contributed by atoms with Gasteiger partial charge in [0.15, 0.2) is 4.67 Å². The number of halogens is 1. The zero-order chi connectivity index (χ0) is 15.3. The highest BCUT2D eigenvalue weighted by atomic mass is 79.9. The van der Waals surface area contributed by atoms with Gasteiger partial charge in [0.1, 0.15) is 10.7 Å². The topological polar surface area (TPSA) is 88.6 Å². The van der Waals surface area contributed by atoms with Crippen LogP contribution in [0.5, 0.6) is 0 Å². The van der Waals surface area contributed by atoms with Crippen molar-refractivity contribution in [1.29, 1.82) is 0 Å². The summed E-state index contributed by atoms with van der Waals surface area (Å²) in [5.41, 5.74) is 5.43. The average molecular weight is 368 g/mol. The zero-order valence-corrected chi connectivity index (χ0v) is 14.4. The lowest BCUT2D eigenvalue weighted by atomic mass is 10.2. The Bertz CT molecular complexity index is 530. The fourth-order valence-electron chi connectivity index (χ4n) is 1.65. The predicted octanol–water partition coefficient (Wildman–Crippen LogP) is 1.51. The first-order valence-electron chi connectivity index (χ1n) is 6.50. The third-order valence-corrected chi connectivity index (χ3v) is 5.61. The maximum absolute atomic E-state index is 12.1. The smallest absolute Gasteiger partial charge is 0.245 e. The van der Waals surface area contributed by atoms with Gasteiger partial charge in [0.25, 0.3) is 0 Å². The van der Waals surface area contributed by atoms with Crippen molar-refractivity contribution in [1.82, 2.24) is 9.62 Å². The van der Waals surface area contributed by atoms with E-state index < -0.39 is 10.0 Å². The molecule has 0 saturated carbocycles. The lowest BCUT2D eigenvalue weighted by Gasteiger charge is -2.23. The van der Waals surface area contributed by atoms with Crippen LogP contribution in [0.4, 0.5) is 0 Å². The predicted molar refractivity (Wildman–Crippen MR) is 81.9 cm³/mol. The third-order valence-electron chi connectivity index (χ3n) is 3.30. The minimum atomic E-state index is -3.58. The van der Waals surface area contributed by atoms with E-state index in [9.17, 15) is 8.42 Å². The van der Waals surface area contributed by atoms with Gasteiger partial charge < -0.3 is 15.1 Å². The Morgan fingerprint density at radius 1 is 1.55 bits per heavy atom. The largest absolute Gasteiger partial charge is 0.452 e. The van der Waals surface area contributed by atoms with E-state index in [4.69, 9.17) is 10.2 Å². The minimum absolute atomic E-state index is 0.0872. The lowest BCUT2D eigenvalue weighted by Crippen LogP contribution is -2.37. The Morgan fingerprint density at radius 3 is 2.70 bits per heavy atom. The SMILES string of the molecule is CCC(C)N(C)CCNS(=O)(=O)c1cc(CN)oc1Br. The fraction of sp³-hybridized carbons (Fsp3) is 0.667. The van der Waals surface area contributed by atoms with E-state index >= 15 is 0 Å². The number of hydrogen-bond donors (Lipinski definition) is 2. The maximum Gasteiger partial charge on any atom is 0.245 e. The van der Waals surface area contributed by atoms with Gasteiger partial charge >= 0.3 is 0 Å². The molecule has 6 nitrogen and oxygen atoms in total. The van der Waals surface area contributed by atoms with Crippen molar-refractivity contribution in [2.75, 3.05) is 20.1 Å². The third kappa shape index (κ3) is 4.56. The van der Waals surface area contributed by atoms with Crippen LogP contribution in [-0.4, -0.2) is 39.5 Å². The van der Waals surface area contributed by atoms with Crippen LogP contribution in [0.1, 0.15) is 26.0 Å². The van der Waals surface area contributed by atoms with Gasteiger partial charge in [-0.25, -0.2) is 13.1 Å². The molecule has 0 amide bonds. The highest BCUT2D eigenvalue weighted by Crippen LogP contribution is 2.25. The summed E-state index contributed by atoms with van der Waals surface area (Å²) in [5, 5.41) is 0. The van der Waals surface area contributed by atoms with Gasteiger partial charge in [0, 0.05) is 25.2 Å². The number of sulfonamides is 1. The first-order chi connectivity index (χ1) is 9.31. The molecule has 20 heavy (non-hydrogen) atoms. The summed E-state index contributed by atoms with van der Waals surface area (Å²) in [6, 6.07) is 1.86. The molecule has 0 aliphatic rings. The number of rotatable bonds is 8. The number of likely N-dealkylation sites (N-methyl/N-ethyl adjacent to an activating group) is 1. The normalized spacial score (nSPS) is 13.9. The summed E-state index contributed by atoms with van der Waals surface area (Å²) in [4.78, 5) is 2.20. The fourth-order valence-corrected chi connectivity index (χ4v) is 3.66. The zero-order valence-electron chi connectivity index (χ0n) is 12.0. The second-order valence-electron chi connectivity index (χ2n) is 4.69. The van der Waals surface area contributed by atoms with Crippen LogP contribution in [0.15, 0.2) is 20.0 Å². The Morgan fingerprint density at radius 2 is 2.20 bits per heavy atom. The van der Waals surface area contributed by atoms with E-state index in [1.165, 1.54) is 6.07 Å². The van der Waals surface area contributed by atoms with Crippen LogP contribution in [0.2, 0.25) is 0 Å². The number of nitrogens with two attached hydrogens (primary N) is 1. The van der Waals surface area contributed by atoms with Crippen molar-refractivity contribution >= 4 is 26.0 Å². The molecule has 0 saturated heterocycles. The van der Waals surface area contributed by atoms with Crippen molar-refractivity contribution in [3.8, 4) is 0 Å². The average Bonchev–Trinajstić information content (AvgIpc) is 2.79. The van der Waals surface area contributed by atoms with Gasteiger partial charge in [0.2, 0.25) is 10.0 Å². The van der Waals surface area contributed by atoms with Crippen LogP contribution < -0.4 is 10.5 Å². The summed E-state index contributed by atoms with van der Waals surface area (Å²) in [7, 11) is -1.61. The molecule has 1 atom stereocenters. The molecule has 0 fully saturated rings. The van der Waals surface area contributed by atoms with Crippen molar-refractivity contribution in [3.05, 3.63) is 16.5 Å². The van der Waals surface area contributed by atoms with Crippen molar-refractivity contribution in [2.24, 2.45) is 5.73 Å². The monoisotopic (exact) mass is 367 g/mol. The molecule has 1 heterocycles. The molecule has 0 spiro atoms. The molecule has 1 unspecified atom stereocenters. The van der Waals surface area contributed by atoms with E-state index in [0.717, 1.165) is 6.42 Å². The standard InChI is InChI=1S/C12H22BrN3O3S/c1-4-9(2)16(3)6-5-15-20(17,18)11-7-10(8-14)19-12(11)13/h7,9,15H,4-6,8,14H2,1-3H3. The highest BCUT2D eigenvalue weighted by molar-refractivity contribution is 9.10. The van der Waals surface area contributed by atoms with Gasteiger partial charge in [-0.1, -0.05) is 6.92 Å². The summed E-state index contributed by atoms with van der Waals surface area (Å²) in [6.45, 7) is 5.36. The maximum atomic E-state index is 12.1. The molecule has 0 radical (unpaired) electrons. The van der Waals surface area contributed by atoms with E-state index in [1.807, 2.05) is 7.05 Å². The van der Waals surface area contributed by atoms with Crippen molar-refractivity contribution < 1.29 is 12.8 Å². The minimum Gasteiger partial charge on any atom is -0.452 e. The second-order valence-corrected chi connectivity index (χ2v) is 7.15. The number of nitrogens with one attached hydrogen (secondary N) is 1. The molecule has 3 N–H and O–H groups in total. The number of nitrogens with zero attached hydrogens (tertiary/aromatic N) is 1. The van der Waals surface area contributed by atoms with Crippen molar-refractivity contribution in [2.45, 2.75) is 37.8 Å². The summed E-state index contributed by atoms with van der Waals surface area (Å²) in [6.07, 6.45) is 1.02. The van der Waals surface area contributed by atoms with Crippen LogP contribution in [0, 0.1) is 0 Å². The van der Waals surface area contributed by atoms with E-state index in [1.54, 1.807) is 0 Å². The first kappa shape index (κ1) is 17.6. The molecule has 1 aromatic rings. The summed E-state index contributed by atoms with van der Waals surface area (Å²) < 4.78 is 32.2. The first-order valence-corrected chi connectivity index (χ1v) is 8.77. The van der Waals surface area contributed by atoms with Crippen LogP contribution in [0.25, 0.3) is 0 Å². The van der Waals surface area contributed by atoms with Crippen LogP contribution in [-0.2, 0) is 16.6 Å². The van der Waals surface area contributed by atoms with E-state index in [2.05, 4.69) is 39.4 Å². The Balaban J connectivity index is 2.64. The molecule has 1 rings (SSSR count). The molecular weight excluding hydrogens is 346 g/mol. The Labute approximate surface area is 128 Å². The molecule has 0 aromatic carbocycles. The molecule has 0 bridgehead atoms. The van der Waals surface area contributed by atoms with Gasteiger partial charge in [-0.2, -0.15) is 0 Å². The van der Waals surface area contributed by atoms with Gasteiger partial charge in [-0.15, -0.1) is 0 Å². The summed E-state index contributed by atoms with van der Waals surface area (Å²) >= 11 is 3.10. The molecular formula is C12H22BrN3O3S. The summed E-state index contributed by atoms with van der Waals surface area (Å²) in [5.74, 6) is 0.425. The Kier molecular flexibility index (Phi) is 6.67. The number of furan rings is 1. The van der Waals surface area contributed by atoms with Crippen molar-refractivity contribution in [3.63, 3.8) is 0 Å². The van der Waals surface area contributed by atoms with Crippen LogP contribution in [0.3, 0.4) is 0 Å². The van der Waals surface area contributed by atoms with Gasteiger partial charge in [-0.05, 0) is 36.3 Å². The van der Waals surface area contributed by atoms with E-state index in [-0.39, 0.29) is 16.1 Å². The second kappa shape index (κ2) is 7.56. The number of hydrogen-bond acceptors (Lipinski definition) is 5. The highest BCUT2D eigenvalue weighted by Gasteiger charge is 2.22. The molecule has 1 aromatic heterocycles. The Hall–Kier alpha value is -0.410.